The highest BCUT2D eigenvalue weighted by Crippen LogP contribution is 2.25. The highest BCUT2D eigenvalue weighted by atomic mass is 16.6. The van der Waals surface area contributed by atoms with Gasteiger partial charge >= 0.3 is 5.97 Å². The summed E-state index contributed by atoms with van der Waals surface area (Å²) < 4.78 is 12.6. The van der Waals surface area contributed by atoms with E-state index in [0.717, 1.165) is 5.69 Å². The van der Waals surface area contributed by atoms with Crippen molar-refractivity contribution in [1.82, 2.24) is 20.2 Å². The van der Waals surface area contributed by atoms with E-state index in [2.05, 4.69) is 36.3 Å². The number of nitrogens with zero attached hydrogens (tertiary/aromatic N) is 4. The van der Waals surface area contributed by atoms with Crippen LogP contribution in [0.3, 0.4) is 0 Å². The second-order valence-electron chi connectivity index (χ2n) is 7.20. The summed E-state index contributed by atoms with van der Waals surface area (Å²) >= 11 is 0. The lowest BCUT2D eigenvalue weighted by Gasteiger charge is -2.20. The summed E-state index contributed by atoms with van der Waals surface area (Å²) in [5.41, 5.74) is 2.04. The van der Waals surface area contributed by atoms with Crippen LogP contribution < -0.4 is 9.47 Å². The van der Waals surface area contributed by atoms with Crippen LogP contribution in [0.5, 0.6) is 11.5 Å². The lowest BCUT2D eigenvalue weighted by atomic mass is 9.87. The zero-order valence-corrected chi connectivity index (χ0v) is 15.8. The van der Waals surface area contributed by atoms with E-state index in [9.17, 15) is 4.79 Å². The number of benzene rings is 2. The van der Waals surface area contributed by atoms with Gasteiger partial charge in [0.05, 0.1) is 5.69 Å². The summed E-state index contributed by atoms with van der Waals surface area (Å²) in [6.07, 6.45) is 0.756. The van der Waals surface area contributed by atoms with Crippen LogP contribution in [0, 0.1) is 0 Å². The molecule has 0 bridgehead atoms. The molecule has 0 radical (unpaired) electrons. The number of ether oxygens (including phenoxy) is 2. The maximum atomic E-state index is 12.3. The third-order valence-electron chi connectivity index (χ3n) is 4.03. The first kappa shape index (κ1) is 18.6. The minimum Gasteiger partial charge on any atom is -0.479 e. The molecule has 140 valence electrons. The van der Waals surface area contributed by atoms with Crippen molar-refractivity contribution in [2.45, 2.75) is 39.2 Å². The van der Waals surface area contributed by atoms with Crippen molar-refractivity contribution in [2.24, 2.45) is 0 Å². The van der Waals surface area contributed by atoms with E-state index in [1.807, 2.05) is 24.3 Å². The number of tetrazole rings is 1. The van der Waals surface area contributed by atoms with Gasteiger partial charge in [-0.15, -0.1) is 5.10 Å². The van der Waals surface area contributed by atoms with Crippen molar-refractivity contribution in [3.8, 4) is 17.2 Å². The molecular weight excluding hydrogens is 344 g/mol. The first-order valence-corrected chi connectivity index (χ1v) is 8.65. The van der Waals surface area contributed by atoms with Crippen LogP contribution in [0.15, 0.2) is 54.9 Å². The highest BCUT2D eigenvalue weighted by Gasteiger charge is 2.18. The smallest absolute Gasteiger partial charge is 0.352 e. The lowest BCUT2D eigenvalue weighted by molar-refractivity contribution is -0.141. The van der Waals surface area contributed by atoms with Crippen LogP contribution in [-0.4, -0.2) is 32.3 Å². The molecule has 27 heavy (non-hydrogen) atoms. The minimum atomic E-state index is -0.732. The van der Waals surface area contributed by atoms with Gasteiger partial charge in [-0.3, -0.25) is 0 Å². The van der Waals surface area contributed by atoms with Crippen molar-refractivity contribution in [2.75, 3.05) is 0 Å². The second-order valence-corrected chi connectivity index (χ2v) is 7.20. The summed E-state index contributed by atoms with van der Waals surface area (Å²) in [6, 6.07) is 14.6. The molecule has 0 amide bonds. The van der Waals surface area contributed by atoms with E-state index in [-0.39, 0.29) is 5.41 Å². The average Bonchev–Trinajstić information content (AvgIpc) is 3.16. The molecule has 0 spiro atoms. The summed E-state index contributed by atoms with van der Waals surface area (Å²) in [5, 5.41) is 11.0. The zero-order valence-electron chi connectivity index (χ0n) is 15.8. The third-order valence-corrected chi connectivity index (χ3v) is 4.03. The number of carbonyl (C=O) groups excluding carboxylic acids is 1. The molecule has 1 heterocycles. The topological polar surface area (TPSA) is 79.1 Å². The third kappa shape index (κ3) is 4.69. The molecule has 7 nitrogen and oxygen atoms in total. The number of hydrogen-bond donors (Lipinski definition) is 0. The van der Waals surface area contributed by atoms with Crippen molar-refractivity contribution in [3.63, 3.8) is 0 Å². The van der Waals surface area contributed by atoms with Gasteiger partial charge < -0.3 is 9.47 Å². The van der Waals surface area contributed by atoms with Crippen LogP contribution in [0.2, 0.25) is 0 Å². The Balaban J connectivity index is 1.59. The largest absolute Gasteiger partial charge is 0.479 e. The van der Waals surface area contributed by atoms with E-state index in [1.54, 1.807) is 31.2 Å². The monoisotopic (exact) mass is 366 g/mol. The Labute approximate surface area is 157 Å². The van der Waals surface area contributed by atoms with E-state index >= 15 is 0 Å². The van der Waals surface area contributed by atoms with Gasteiger partial charge in [-0.2, -0.15) is 0 Å². The number of carbonyl (C=O) groups is 1. The van der Waals surface area contributed by atoms with Crippen LogP contribution in [-0.2, 0) is 10.2 Å². The van der Waals surface area contributed by atoms with E-state index < -0.39 is 12.1 Å². The molecule has 2 aromatic carbocycles. The van der Waals surface area contributed by atoms with Gasteiger partial charge in [-0.25, -0.2) is 9.48 Å². The second kappa shape index (κ2) is 7.57. The van der Waals surface area contributed by atoms with Gasteiger partial charge in [0.25, 0.3) is 0 Å². The van der Waals surface area contributed by atoms with E-state index in [4.69, 9.17) is 9.47 Å². The van der Waals surface area contributed by atoms with Crippen LogP contribution in [0.1, 0.15) is 33.3 Å². The molecule has 1 atom stereocenters. The Morgan fingerprint density at radius 2 is 1.63 bits per heavy atom. The molecule has 0 aliphatic heterocycles. The summed E-state index contributed by atoms with van der Waals surface area (Å²) in [7, 11) is 0. The van der Waals surface area contributed by atoms with Crippen molar-refractivity contribution < 1.29 is 14.3 Å². The van der Waals surface area contributed by atoms with Gasteiger partial charge in [0, 0.05) is 0 Å². The molecule has 3 aromatic rings. The molecule has 0 aliphatic rings. The number of aromatic nitrogens is 4. The van der Waals surface area contributed by atoms with Crippen molar-refractivity contribution >= 4 is 5.97 Å². The highest BCUT2D eigenvalue weighted by molar-refractivity contribution is 5.77. The fourth-order valence-electron chi connectivity index (χ4n) is 2.43. The van der Waals surface area contributed by atoms with Gasteiger partial charge in [0.2, 0.25) is 0 Å². The molecule has 0 aliphatic carbocycles. The molecule has 3 rings (SSSR count). The maximum absolute atomic E-state index is 12.3. The number of esters is 1. The standard InChI is InChI=1S/C20H22N4O3/c1-14(26-17-9-5-15(6-10-17)20(2,3)4)19(25)27-18-11-7-16(8-12-18)24-13-21-22-23-24/h5-14H,1-4H3/t14-/m1/s1. The summed E-state index contributed by atoms with van der Waals surface area (Å²) in [5.74, 6) is 0.585. The van der Waals surface area contributed by atoms with Crippen molar-refractivity contribution in [1.29, 1.82) is 0 Å². The Kier molecular flexibility index (Phi) is 5.21. The fourth-order valence-corrected chi connectivity index (χ4v) is 2.43. The molecule has 0 saturated carbocycles. The van der Waals surface area contributed by atoms with Crippen LogP contribution in [0.25, 0.3) is 5.69 Å². The molecule has 7 heteroatoms. The molecule has 1 aromatic heterocycles. The maximum Gasteiger partial charge on any atom is 0.352 e. The fraction of sp³-hybridized carbons (Fsp3) is 0.300. The average molecular weight is 366 g/mol. The molecule has 0 N–H and O–H groups in total. The van der Waals surface area contributed by atoms with Crippen LogP contribution in [0.4, 0.5) is 0 Å². The number of hydrogen-bond acceptors (Lipinski definition) is 6. The van der Waals surface area contributed by atoms with Crippen molar-refractivity contribution in [3.05, 3.63) is 60.4 Å². The van der Waals surface area contributed by atoms with E-state index in [0.29, 0.717) is 11.5 Å². The van der Waals surface area contributed by atoms with E-state index in [1.165, 1.54) is 16.6 Å². The Bertz CT molecular complexity index is 882. The summed E-state index contributed by atoms with van der Waals surface area (Å²) in [6.45, 7) is 8.10. The molecule has 0 unspecified atom stereocenters. The predicted molar refractivity (Wildman–Crippen MR) is 100 cm³/mol. The normalized spacial score (nSPS) is 12.4. The summed E-state index contributed by atoms with van der Waals surface area (Å²) in [4.78, 5) is 12.3. The quantitative estimate of drug-likeness (QED) is 0.509. The van der Waals surface area contributed by atoms with Gasteiger partial charge in [0.1, 0.15) is 17.8 Å². The first-order chi connectivity index (χ1) is 12.8. The zero-order chi connectivity index (χ0) is 19.4. The molecular formula is C20H22N4O3. The minimum absolute atomic E-state index is 0.0670. The Morgan fingerprint density at radius 1 is 1.00 bits per heavy atom. The molecule has 0 fully saturated rings. The number of rotatable bonds is 5. The Morgan fingerprint density at radius 3 is 2.19 bits per heavy atom. The lowest BCUT2D eigenvalue weighted by Crippen LogP contribution is -2.28. The predicted octanol–water partition coefficient (Wildman–Crippen LogP) is 3.33. The van der Waals surface area contributed by atoms with Crippen LogP contribution >= 0.6 is 0 Å². The van der Waals surface area contributed by atoms with Gasteiger partial charge in [-0.1, -0.05) is 32.9 Å². The molecule has 0 saturated heterocycles. The van der Waals surface area contributed by atoms with Gasteiger partial charge in [-0.05, 0) is 64.7 Å². The Hall–Kier alpha value is -3.22. The van der Waals surface area contributed by atoms with Gasteiger partial charge in [0.15, 0.2) is 6.10 Å². The first-order valence-electron chi connectivity index (χ1n) is 8.65. The SMILES string of the molecule is C[C@@H](Oc1ccc(C(C)(C)C)cc1)C(=O)Oc1ccc(-n2cnnn2)cc1.